The fourth-order valence-electron chi connectivity index (χ4n) is 1.26. The summed E-state index contributed by atoms with van der Waals surface area (Å²) in [6.07, 6.45) is 9.36. The molecule has 1 heterocycles. The summed E-state index contributed by atoms with van der Waals surface area (Å²) in [5, 5.41) is 17.4. The molecule has 0 aromatic carbocycles. The van der Waals surface area contributed by atoms with E-state index in [-0.39, 0.29) is 0 Å². The fraction of sp³-hybridized carbons (Fsp3) is 0.462. The molecule has 1 aromatic heterocycles. The van der Waals surface area contributed by atoms with Gasteiger partial charge in [0.05, 0.1) is 0 Å². The molecule has 5 heteroatoms. The molecule has 0 atom stereocenters. The van der Waals surface area contributed by atoms with Gasteiger partial charge in [0.2, 0.25) is 0 Å². The molecule has 0 radical (unpaired) electrons. The minimum absolute atomic E-state index is 1.13. The lowest BCUT2D eigenvalue weighted by Gasteiger charge is -2.10. The quantitative estimate of drug-likeness (QED) is 0.603. The first-order valence-electron chi connectivity index (χ1n) is 5.80. The van der Waals surface area contributed by atoms with Crippen LogP contribution in [0.1, 0.15) is 19.8 Å². The molecule has 0 bridgehead atoms. The Hall–Kier alpha value is -2.27. The van der Waals surface area contributed by atoms with Crippen LogP contribution in [-0.2, 0) is 6.54 Å². The Morgan fingerprint density at radius 1 is 1.22 bits per heavy atom. The smallest absolute Gasteiger partial charge is 0.170 e. The van der Waals surface area contributed by atoms with Gasteiger partial charge in [-0.3, -0.25) is 5.32 Å². The molecule has 0 spiro atoms. The van der Waals surface area contributed by atoms with Crippen molar-refractivity contribution in [1.29, 1.82) is 10.5 Å². The second-order valence-corrected chi connectivity index (χ2v) is 3.85. The highest BCUT2D eigenvalue weighted by Gasteiger charge is 2.00. The van der Waals surface area contributed by atoms with E-state index >= 15 is 0 Å². The Labute approximate surface area is 109 Å². The number of unbranched alkanes of at least 4 members (excludes halogenated alkanes) is 1. The van der Waals surface area contributed by atoms with Crippen molar-refractivity contribution in [2.24, 2.45) is 0 Å². The highest BCUT2D eigenvalue weighted by molar-refractivity contribution is 5.41. The topological polar surface area (TPSA) is 68.8 Å². The Kier molecular flexibility index (Phi) is 8.67. The molecule has 18 heavy (non-hydrogen) atoms. The molecule has 0 N–H and O–H groups in total. The second kappa shape index (κ2) is 9.92. The highest BCUT2D eigenvalue weighted by atomic mass is 15.1. The number of aryl methyl sites for hydroxylation is 1. The zero-order chi connectivity index (χ0) is 13.8. The Bertz CT molecular complexity index is 385. The third-order valence-electron chi connectivity index (χ3n) is 2.26. The monoisotopic (exact) mass is 245 g/mol. The maximum Gasteiger partial charge on any atom is 0.170 e. The van der Waals surface area contributed by atoms with Crippen LogP contribution in [-0.4, -0.2) is 14.1 Å². The maximum atomic E-state index is 7.43. The van der Waals surface area contributed by atoms with E-state index in [0.717, 1.165) is 6.54 Å². The molecular formula is C13H19N5. The van der Waals surface area contributed by atoms with E-state index in [1.165, 1.54) is 30.9 Å². The molecule has 0 fully saturated rings. The van der Waals surface area contributed by atoms with Gasteiger partial charge >= 0.3 is 0 Å². The Balaban J connectivity index is 0.000000494. The number of hydrogen-bond acceptors (Lipinski definition) is 3. The number of hydrogen-bond donors (Lipinski definition) is 0. The summed E-state index contributed by atoms with van der Waals surface area (Å²) in [7, 11) is 4.12. The number of anilines is 1. The molecule has 0 unspecified atom stereocenters. The van der Waals surface area contributed by atoms with Crippen LogP contribution in [0.15, 0.2) is 24.5 Å². The van der Waals surface area contributed by atoms with Crippen molar-refractivity contribution >= 4 is 5.69 Å². The summed E-state index contributed by atoms with van der Waals surface area (Å²) < 4.78 is 2.23. The molecule has 0 aliphatic carbocycles. The van der Waals surface area contributed by atoms with Crippen molar-refractivity contribution in [3.05, 3.63) is 29.8 Å². The van der Waals surface area contributed by atoms with Crippen molar-refractivity contribution in [3.8, 4) is 12.4 Å². The molecular weight excluding hydrogens is 226 g/mol. The van der Waals surface area contributed by atoms with E-state index < -0.39 is 0 Å². The zero-order valence-corrected chi connectivity index (χ0v) is 11.2. The van der Waals surface area contributed by atoms with Gasteiger partial charge in [-0.15, -0.1) is 0 Å². The second-order valence-electron chi connectivity index (χ2n) is 3.85. The molecule has 0 saturated heterocycles. The van der Waals surface area contributed by atoms with Crippen molar-refractivity contribution in [3.63, 3.8) is 0 Å². The van der Waals surface area contributed by atoms with Gasteiger partial charge in [0.1, 0.15) is 6.54 Å². The number of aromatic nitrogens is 1. The maximum absolute atomic E-state index is 7.43. The van der Waals surface area contributed by atoms with E-state index in [1.54, 1.807) is 0 Å². The summed E-state index contributed by atoms with van der Waals surface area (Å²) in [6.45, 7) is 3.35. The molecule has 0 amide bonds. The van der Waals surface area contributed by atoms with Crippen molar-refractivity contribution in [2.45, 2.75) is 26.3 Å². The van der Waals surface area contributed by atoms with E-state index in [2.05, 4.69) is 60.3 Å². The van der Waals surface area contributed by atoms with Crippen LogP contribution in [0.5, 0.6) is 0 Å². The van der Waals surface area contributed by atoms with E-state index in [1.807, 2.05) is 0 Å². The molecule has 0 saturated carbocycles. The first-order valence-corrected chi connectivity index (χ1v) is 5.80. The summed E-state index contributed by atoms with van der Waals surface area (Å²) >= 11 is 0. The van der Waals surface area contributed by atoms with Gasteiger partial charge in [-0.1, -0.05) is 13.3 Å². The molecule has 1 rings (SSSR count). The van der Waals surface area contributed by atoms with E-state index in [4.69, 9.17) is 10.5 Å². The Morgan fingerprint density at radius 3 is 2.11 bits per heavy atom. The van der Waals surface area contributed by atoms with Gasteiger partial charge in [-0.05, 0) is 0 Å². The van der Waals surface area contributed by atoms with Crippen molar-refractivity contribution in [1.82, 2.24) is 0 Å². The van der Waals surface area contributed by atoms with Crippen molar-refractivity contribution in [2.75, 3.05) is 19.0 Å². The predicted octanol–water partition coefficient (Wildman–Crippen LogP) is 2.16. The first-order chi connectivity index (χ1) is 8.65. The highest BCUT2D eigenvalue weighted by Crippen LogP contribution is 2.05. The average molecular weight is 245 g/mol. The standard InChI is InChI=1S/C11H19N2.C2N3/c1-4-5-8-13-9-6-11(7-10-13)12(2)3;3-1-5-2-4/h6-7,9-10H,4-5,8H2,1-3H3;/q+1;-1. The van der Waals surface area contributed by atoms with Gasteiger partial charge in [0, 0.05) is 50.7 Å². The van der Waals surface area contributed by atoms with Gasteiger partial charge in [-0.25, -0.2) is 4.57 Å². The summed E-state index contributed by atoms with van der Waals surface area (Å²) in [5.41, 5.74) is 1.26. The van der Waals surface area contributed by atoms with Crippen LogP contribution in [0.4, 0.5) is 5.69 Å². The number of pyridine rings is 1. The van der Waals surface area contributed by atoms with Crippen LogP contribution < -0.4 is 9.47 Å². The number of nitriles is 2. The Morgan fingerprint density at radius 2 is 1.78 bits per heavy atom. The summed E-state index contributed by atoms with van der Waals surface area (Å²) in [4.78, 5) is 2.12. The lowest BCUT2D eigenvalue weighted by atomic mass is 10.3. The average Bonchev–Trinajstić information content (AvgIpc) is 2.38. The summed E-state index contributed by atoms with van der Waals surface area (Å²) in [6, 6.07) is 4.30. The van der Waals surface area contributed by atoms with Gasteiger partial charge in [-0.2, -0.15) is 0 Å². The van der Waals surface area contributed by atoms with Gasteiger partial charge in [0.15, 0.2) is 12.4 Å². The number of nitrogens with zero attached hydrogens (tertiary/aromatic N) is 5. The van der Waals surface area contributed by atoms with Crippen LogP contribution in [0.2, 0.25) is 0 Å². The SMILES string of the molecule is CCCC[n+]1ccc(N(C)C)cc1.N#C[N-]C#N. The van der Waals surface area contributed by atoms with E-state index in [0.29, 0.717) is 0 Å². The van der Waals surface area contributed by atoms with Crippen LogP contribution >= 0.6 is 0 Å². The molecule has 0 aliphatic rings. The summed E-state index contributed by atoms with van der Waals surface area (Å²) in [5.74, 6) is 0. The molecule has 0 aliphatic heterocycles. The normalized spacial score (nSPS) is 8.28. The minimum atomic E-state index is 1.13. The number of rotatable bonds is 4. The largest absolute Gasteiger partial charge is 0.385 e. The zero-order valence-electron chi connectivity index (χ0n) is 11.2. The minimum Gasteiger partial charge on any atom is -0.385 e. The van der Waals surface area contributed by atoms with Crippen LogP contribution in [0, 0.1) is 22.9 Å². The van der Waals surface area contributed by atoms with Gasteiger partial charge < -0.3 is 15.4 Å². The van der Waals surface area contributed by atoms with Crippen LogP contribution in [0.3, 0.4) is 0 Å². The molecule has 5 nitrogen and oxygen atoms in total. The third-order valence-corrected chi connectivity index (χ3v) is 2.26. The first kappa shape index (κ1) is 15.7. The molecule has 1 aromatic rings. The molecule has 96 valence electrons. The third kappa shape index (κ3) is 7.08. The van der Waals surface area contributed by atoms with E-state index in [9.17, 15) is 0 Å². The predicted molar refractivity (Wildman–Crippen MR) is 70.5 cm³/mol. The van der Waals surface area contributed by atoms with Crippen LogP contribution in [0.25, 0.3) is 5.32 Å². The van der Waals surface area contributed by atoms with Gasteiger partial charge in [0.25, 0.3) is 0 Å². The fourth-order valence-corrected chi connectivity index (χ4v) is 1.26. The lowest BCUT2D eigenvalue weighted by molar-refractivity contribution is -0.697. The lowest BCUT2D eigenvalue weighted by Crippen LogP contribution is -2.32. The van der Waals surface area contributed by atoms with Crippen molar-refractivity contribution < 1.29 is 4.57 Å².